The summed E-state index contributed by atoms with van der Waals surface area (Å²) in [5.41, 5.74) is 2.52. The molecule has 6 rings (SSSR count). The molecular weight excluding hydrogens is 472 g/mol. The minimum Gasteiger partial charge on any atom is -0.506 e. The molecule has 6 aromatic carbocycles. The van der Waals surface area contributed by atoms with E-state index in [9.17, 15) is 10.2 Å². The molecular formula is C32H24N4O2. The Hall–Kier alpha value is -5.36. The summed E-state index contributed by atoms with van der Waals surface area (Å²) in [6.07, 6.45) is 0. The number of benzene rings is 6. The van der Waals surface area contributed by atoms with Gasteiger partial charge in [-0.2, -0.15) is 10.2 Å². The standard InChI is InChI=1S/2C16H12N2O/c2*19-15-11-10-12-6-4-5-9-14(12)16(15)18-17-13-7-2-1-3-8-13/h2*1-11,19H. The first-order valence-corrected chi connectivity index (χ1v) is 12.0. The molecule has 6 nitrogen and oxygen atoms in total. The zero-order chi connectivity index (χ0) is 26.2. The van der Waals surface area contributed by atoms with Crippen LogP contribution in [-0.2, 0) is 0 Å². The van der Waals surface area contributed by atoms with E-state index >= 15 is 0 Å². The van der Waals surface area contributed by atoms with E-state index in [1.54, 1.807) is 12.1 Å². The lowest BCUT2D eigenvalue weighted by Crippen LogP contribution is -1.74. The highest BCUT2D eigenvalue weighted by molar-refractivity contribution is 5.96. The monoisotopic (exact) mass is 496 g/mol. The van der Waals surface area contributed by atoms with E-state index in [4.69, 9.17) is 0 Å². The molecule has 6 aromatic rings. The number of phenolic OH excluding ortho intramolecular Hbond substituents is 2. The van der Waals surface area contributed by atoms with Crippen molar-refractivity contribution in [2.75, 3.05) is 0 Å². The average Bonchev–Trinajstić information content (AvgIpc) is 2.97. The lowest BCUT2D eigenvalue weighted by atomic mass is 10.1. The van der Waals surface area contributed by atoms with Gasteiger partial charge in [0.1, 0.15) is 22.9 Å². The first kappa shape index (κ1) is 24.3. The van der Waals surface area contributed by atoms with Crippen LogP contribution < -0.4 is 0 Å². The van der Waals surface area contributed by atoms with Crippen molar-refractivity contribution < 1.29 is 10.2 Å². The molecule has 0 spiro atoms. The zero-order valence-electron chi connectivity index (χ0n) is 20.4. The van der Waals surface area contributed by atoms with E-state index in [0.29, 0.717) is 11.4 Å². The highest BCUT2D eigenvalue weighted by atomic mass is 16.3. The maximum Gasteiger partial charge on any atom is 0.143 e. The van der Waals surface area contributed by atoms with Gasteiger partial charge in [-0.15, -0.1) is 10.2 Å². The fourth-order valence-electron chi connectivity index (χ4n) is 3.90. The lowest BCUT2D eigenvalue weighted by Gasteiger charge is -2.03. The van der Waals surface area contributed by atoms with Gasteiger partial charge in [0.05, 0.1) is 11.4 Å². The number of aromatic hydroxyl groups is 2. The molecule has 0 bridgehead atoms. The first-order valence-electron chi connectivity index (χ1n) is 12.0. The molecule has 0 aromatic heterocycles. The summed E-state index contributed by atoms with van der Waals surface area (Å²) in [7, 11) is 0. The Balaban J connectivity index is 0.000000155. The summed E-state index contributed by atoms with van der Waals surface area (Å²) in [4.78, 5) is 0. The molecule has 0 radical (unpaired) electrons. The highest BCUT2D eigenvalue weighted by Crippen LogP contribution is 2.37. The van der Waals surface area contributed by atoms with E-state index in [1.807, 2.05) is 121 Å². The number of hydrogen-bond acceptors (Lipinski definition) is 6. The van der Waals surface area contributed by atoms with Gasteiger partial charge in [-0.05, 0) is 47.2 Å². The molecule has 0 aliphatic rings. The molecule has 38 heavy (non-hydrogen) atoms. The zero-order valence-corrected chi connectivity index (χ0v) is 20.4. The lowest BCUT2D eigenvalue weighted by molar-refractivity contribution is 0.476. The van der Waals surface area contributed by atoms with Crippen LogP contribution in [0, 0.1) is 0 Å². The van der Waals surface area contributed by atoms with Gasteiger partial charge in [-0.3, -0.25) is 0 Å². The minimum absolute atomic E-state index is 0.137. The van der Waals surface area contributed by atoms with E-state index in [0.717, 1.165) is 32.9 Å². The molecule has 0 saturated carbocycles. The first-order chi connectivity index (χ1) is 18.7. The summed E-state index contributed by atoms with van der Waals surface area (Å²) >= 11 is 0. The molecule has 184 valence electrons. The van der Waals surface area contributed by atoms with Crippen LogP contribution in [0.1, 0.15) is 0 Å². The van der Waals surface area contributed by atoms with Gasteiger partial charge in [-0.1, -0.05) is 97.1 Å². The molecule has 0 atom stereocenters. The largest absolute Gasteiger partial charge is 0.506 e. The fraction of sp³-hybridized carbons (Fsp3) is 0. The minimum atomic E-state index is 0.137. The third-order valence-electron chi connectivity index (χ3n) is 5.80. The van der Waals surface area contributed by atoms with Crippen LogP contribution in [0.4, 0.5) is 22.7 Å². The van der Waals surface area contributed by atoms with Crippen LogP contribution in [0.3, 0.4) is 0 Å². The van der Waals surface area contributed by atoms with E-state index in [1.165, 1.54) is 0 Å². The van der Waals surface area contributed by atoms with Crippen LogP contribution in [0.25, 0.3) is 21.5 Å². The van der Waals surface area contributed by atoms with Crippen molar-refractivity contribution in [3.05, 3.63) is 133 Å². The topological polar surface area (TPSA) is 89.9 Å². The second-order valence-electron chi connectivity index (χ2n) is 8.38. The Kier molecular flexibility index (Phi) is 7.42. The molecule has 2 N–H and O–H groups in total. The predicted octanol–water partition coefficient (Wildman–Crippen LogP) is 9.92. The Bertz CT molecular complexity index is 1600. The van der Waals surface area contributed by atoms with Crippen LogP contribution >= 0.6 is 0 Å². The highest BCUT2D eigenvalue weighted by Gasteiger charge is 2.06. The maximum atomic E-state index is 9.93. The Morgan fingerprint density at radius 3 is 1.13 bits per heavy atom. The van der Waals surface area contributed by atoms with Gasteiger partial charge in [0, 0.05) is 10.8 Å². The van der Waals surface area contributed by atoms with Gasteiger partial charge in [0.15, 0.2) is 0 Å². The van der Waals surface area contributed by atoms with Gasteiger partial charge >= 0.3 is 0 Å². The summed E-state index contributed by atoms with van der Waals surface area (Å²) in [6.45, 7) is 0. The third-order valence-corrected chi connectivity index (χ3v) is 5.80. The van der Waals surface area contributed by atoms with Crippen LogP contribution in [-0.4, -0.2) is 10.2 Å². The van der Waals surface area contributed by atoms with E-state index in [-0.39, 0.29) is 11.5 Å². The average molecular weight is 497 g/mol. The summed E-state index contributed by atoms with van der Waals surface area (Å²) in [5, 5.41) is 40.4. The van der Waals surface area contributed by atoms with E-state index < -0.39 is 0 Å². The number of nitrogens with zero attached hydrogens (tertiary/aromatic N) is 4. The number of hydrogen-bond donors (Lipinski definition) is 2. The molecule has 0 aliphatic carbocycles. The summed E-state index contributed by atoms with van der Waals surface area (Å²) in [5.74, 6) is 0.275. The number of rotatable bonds is 4. The maximum absolute atomic E-state index is 9.93. The smallest absolute Gasteiger partial charge is 0.143 e. The van der Waals surface area contributed by atoms with Crippen molar-refractivity contribution in [1.82, 2.24) is 0 Å². The van der Waals surface area contributed by atoms with Crippen molar-refractivity contribution in [3.63, 3.8) is 0 Å². The second-order valence-corrected chi connectivity index (χ2v) is 8.38. The Morgan fingerprint density at radius 2 is 0.711 bits per heavy atom. The quantitative estimate of drug-likeness (QED) is 0.238. The fourth-order valence-corrected chi connectivity index (χ4v) is 3.90. The number of fused-ring (bicyclic) bond motifs is 2. The number of azo groups is 2. The van der Waals surface area contributed by atoms with Gasteiger partial charge < -0.3 is 10.2 Å². The SMILES string of the molecule is Oc1ccc2ccccc2c1N=Nc1ccccc1.Oc1ccc2ccccc2c1N=Nc1ccccc1. The molecule has 6 heteroatoms. The molecule has 0 heterocycles. The van der Waals surface area contributed by atoms with Crippen molar-refractivity contribution in [1.29, 1.82) is 0 Å². The van der Waals surface area contributed by atoms with E-state index in [2.05, 4.69) is 20.5 Å². The Labute approximate surface area is 219 Å². The van der Waals surface area contributed by atoms with Gasteiger partial charge in [0.25, 0.3) is 0 Å². The molecule has 0 aliphatic heterocycles. The van der Waals surface area contributed by atoms with Crippen LogP contribution in [0.2, 0.25) is 0 Å². The van der Waals surface area contributed by atoms with Crippen LogP contribution in [0.15, 0.2) is 154 Å². The van der Waals surface area contributed by atoms with Gasteiger partial charge in [-0.25, -0.2) is 0 Å². The third kappa shape index (κ3) is 5.71. The summed E-state index contributed by atoms with van der Waals surface area (Å²) in [6, 6.07) is 41.5. The number of phenols is 2. The van der Waals surface area contributed by atoms with Crippen molar-refractivity contribution in [3.8, 4) is 11.5 Å². The van der Waals surface area contributed by atoms with Crippen molar-refractivity contribution in [2.45, 2.75) is 0 Å². The Morgan fingerprint density at radius 1 is 0.342 bits per heavy atom. The predicted molar refractivity (Wildman–Crippen MR) is 152 cm³/mol. The van der Waals surface area contributed by atoms with Crippen molar-refractivity contribution >= 4 is 44.3 Å². The molecule has 0 unspecified atom stereocenters. The molecule has 0 saturated heterocycles. The molecule has 0 amide bonds. The normalized spacial score (nSPS) is 11.2. The van der Waals surface area contributed by atoms with Crippen molar-refractivity contribution in [2.24, 2.45) is 20.5 Å². The summed E-state index contributed by atoms with van der Waals surface area (Å²) < 4.78 is 0. The van der Waals surface area contributed by atoms with Gasteiger partial charge in [0.2, 0.25) is 0 Å². The molecule has 0 fully saturated rings. The second kappa shape index (κ2) is 11.6. The van der Waals surface area contributed by atoms with Crippen LogP contribution in [0.5, 0.6) is 11.5 Å².